The number of hydrogen-bond acceptors (Lipinski definition) is 4. The van der Waals surface area contributed by atoms with E-state index < -0.39 is 5.91 Å². The van der Waals surface area contributed by atoms with Gasteiger partial charge in [0.05, 0.1) is 6.04 Å². The van der Waals surface area contributed by atoms with Crippen molar-refractivity contribution in [2.24, 2.45) is 5.73 Å². The first-order chi connectivity index (χ1) is 7.00. The zero-order valence-corrected chi connectivity index (χ0v) is 9.16. The van der Waals surface area contributed by atoms with Crippen molar-refractivity contribution >= 4 is 5.91 Å². The molecule has 0 bridgehead atoms. The fraction of sp³-hybridized carbons (Fsp3) is 0.500. The minimum Gasteiger partial charge on any atom is -0.466 e. The molecule has 0 fully saturated rings. The summed E-state index contributed by atoms with van der Waals surface area (Å²) in [5.41, 5.74) is 8.66. The third-order valence-corrected chi connectivity index (χ3v) is 2.02. The number of nitrogens with two attached hydrogens (primary N) is 1. The van der Waals surface area contributed by atoms with Crippen LogP contribution in [-0.4, -0.2) is 12.5 Å². The van der Waals surface area contributed by atoms with Crippen LogP contribution < -0.4 is 11.2 Å². The van der Waals surface area contributed by atoms with Crippen molar-refractivity contribution in [3.63, 3.8) is 0 Å². The van der Waals surface area contributed by atoms with E-state index in [4.69, 9.17) is 15.0 Å². The van der Waals surface area contributed by atoms with E-state index in [1.807, 2.05) is 26.8 Å². The lowest BCUT2D eigenvalue weighted by Gasteiger charge is -2.11. The second-order valence-electron chi connectivity index (χ2n) is 3.46. The van der Waals surface area contributed by atoms with Crippen LogP contribution in [0.3, 0.4) is 0 Å². The molecule has 15 heavy (non-hydrogen) atoms. The van der Waals surface area contributed by atoms with Gasteiger partial charge in [-0.15, -0.1) is 0 Å². The van der Waals surface area contributed by atoms with Gasteiger partial charge in [-0.05, 0) is 26.8 Å². The van der Waals surface area contributed by atoms with Gasteiger partial charge in [0.2, 0.25) is 5.91 Å². The normalized spacial score (nSPS) is 12.7. The summed E-state index contributed by atoms with van der Waals surface area (Å²) in [6.07, 6.45) is 0. The lowest BCUT2D eigenvalue weighted by atomic mass is 10.1. The quantitative estimate of drug-likeness (QED) is 0.713. The van der Waals surface area contributed by atoms with Crippen LogP contribution in [0.15, 0.2) is 10.5 Å². The van der Waals surface area contributed by atoms with Gasteiger partial charge < -0.3 is 10.2 Å². The Morgan fingerprint density at radius 1 is 1.67 bits per heavy atom. The molecule has 3 N–H and O–H groups in total. The molecule has 1 unspecified atom stereocenters. The maximum atomic E-state index is 10.4. The van der Waals surface area contributed by atoms with Crippen LogP contribution in [-0.2, 0) is 9.63 Å². The fourth-order valence-corrected chi connectivity index (χ4v) is 1.38. The van der Waals surface area contributed by atoms with E-state index in [1.165, 1.54) is 0 Å². The Labute approximate surface area is 88.5 Å². The third-order valence-electron chi connectivity index (χ3n) is 2.02. The zero-order valence-electron chi connectivity index (χ0n) is 9.16. The Morgan fingerprint density at radius 3 is 2.80 bits per heavy atom. The van der Waals surface area contributed by atoms with E-state index in [0.29, 0.717) is 0 Å². The number of carbonyl (C=O) groups is 1. The lowest BCUT2D eigenvalue weighted by Crippen LogP contribution is -2.26. The van der Waals surface area contributed by atoms with Gasteiger partial charge in [0, 0.05) is 5.56 Å². The predicted molar refractivity (Wildman–Crippen MR) is 54.9 cm³/mol. The number of furan rings is 1. The SMILES string of the molecule is Cc1cc(C(C)NOCC(N)=O)c(C)o1. The average molecular weight is 212 g/mol. The van der Waals surface area contributed by atoms with Gasteiger partial charge in [0.1, 0.15) is 18.1 Å². The van der Waals surface area contributed by atoms with Crippen LogP contribution in [0.2, 0.25) is 0 Å². The molecule has 5 nitrogen and oxygen atoms in total. The smallest absolute Gasteiger partial charge is 0.245 e. The molecule has 1 aromatic heterocycles. The van der Waals surface area contributed by atoms with Crippen molar-refractivity contribution in [2.75, 3.05) is 6.61 Å². The van der Waals surface area contributed by atoms with Crippen molar-refractivity contribution in [1.29, 1.82) is 0 Å². The summed E-state index contributed by atoms with van der Waals surface area (Å²) in [6.45, 7) is 5.54. The van der Waals surface area contributed by atoms with Crippen LogP contribution in [0, 0.1) is 13.8 Å². The molecule has 0 aromatic carbocycles. The van der Waals surface area contributed by atoms with E-state index in [9.17, 15) is 4.79 Å². The highest BCUT2D eigenvalue weighted by molar-refractivity contribution is 5.74. The van der Waals surface area contributed by atoms with Gasteiger partial charge in [-0.25, -0.2) is 0 Å². The molecule has 0 spiro atoms. The van der Waals surface area contributed by atoms with Gasteiger partial charge in [0.15, 0.2) is 0 Å². The predicted octanol–water partition coefficient (Wildman–Crippen LogP) is 0.964. The van der Waals surface area contributed by atoms with Crippen molar-refractivity contribution in [3.05, 3.63) is 23.2 Å². The first-order valence-electron chi connectivity index (χ1n) is 4.73. The molecule has 0 saturated heterocycles. The van der Waals surface area contributed by atoms with Gasteiger partial charge in [-0.1, -0.05) is 0 Å². The molecule has 0 saturated carbocycles. The maximum Gasteiger partial charge on any atom is 0.245 e. The van der Waals surface area contributed by atoms with Crippen molar-refractivity contribution < 1.29 is 14.0 Å². The molecule has 1 atom stereocenters. The fourth-order valence-electron chi connectivity index (χ4n) is 1.38. The Balaban J connectivity index is 2.50. The topological polar surface area (TPSA) is 77.5 Å². The number of amides is 1. The van der Waals surface area contributed by atoms with Crippen molar-refractivity contribution in [1.82, 2.24) is 5.48 Å². The molecule has 1 heterocycles. The summed E-state index contributed by atoms with van der Waals surface area (Å²) in [6, 6.07) is 1.89. The Kier molecular flexibility index (Phi) is 3.88. The number of nitrogens with one attached hydrogen (secondary N) is 1. The number of hydrogen-bond donors (Lipinski definition) is 2. The lowest BCUT2D eigenvalue weighted by molar-refractivity contribution is -0.126. The monoisotopic (exact) mass is 212 g/mol. The molecule has 0 aliphatic heterocycles. The molecule has 1 rings (SSSR count). The number of aryl methyl sites for hydroxylation is 2. The van der Waals surface area contributed by atoms with Crippen LogP contribution >= 0.6 is 0 Å². The molecule has 0 aliphatic rings. The highest BCUT2D eigenvalue weighted by atomic mass is 16.6. The second kappa shape index (κ2) is 4.95. The largest absolute Gasteiger partial charge is 0.466 e. The molecule has 0 radical (unpaired) electrons. The second-order valence-corrected chi connectivity index (χ2v) is 3.46. The van der Waals surface area contributed by atoms with Crippen LogP contribution in [0.25, 0.3) is 0 Å². The summed E-state index contributed by atoms with van der Waals surface area (Å²) in [4.78, 5) is 15.3. The molecular formula is C10H16N2O3. The third kappa shape index (κ3) is 3.38. The summed E-state index contributed by atoms with van der Waals surface area (Å²) in [5.74, 6) is 1.19. The van der Waals surface area contributed by atoms with E-state index in [-0.39, 0.29) is 12.6 Å². The van der Waals surface area contributed by atoms with Crippen LogP contribution in [0.5, 0.6) is 0 Å². The number of primary amides is 1. The Hall–Kier alpha value is -1.33. The standard InChI is InChI=1S/C10H16N2O3/c1-6-4-9(8(3)15-6)7(2)12-14-5-10(11)13/h4,7,12H,5H2,1-3H3,(H2,11,13). The van der Waals surface area contributed by atoms with Gasteiger partial charge in [-0.3, -0.25) is 9.63 Å². The minimum atomic E-state index is -0.505. The van der Waals surface area contributed by atoms with E-state index in [0.717, 1.165) is 17.1 Å². The molecule has 5 heteroatoms. The summed E-state index contributed by atoms with van der Waals surface area (Å²) >= 11 is 0. The van der Waals surface area contributed by atoms with Crippen LogP contribution in [0.4, 0.5) is 0 Å². The Bertz CT molecular complexity index is 346. The van der Waals surface area contributed by atoms with Crippen molar-refractivity contribution in [2.45, 2.75) is 26.8 Å². The van der Waals surface area contributed by atoms with E-state index in [1.54, 1.807) is 0 Å². The maximum absolute atomic E-state index is 10.4. The van der Waals surface area contributed by atoms with Crippen molar-refractivity contribution in [3.8, 4) is 0 Å². The molecule has 0 aliphatic carbocycles. The number of carbonyl (C=O) groups excluding carboxylic acids is 1. The summed E-state index contributed by atoms with van der Waals surface area (Å²) in [7, 11) is 0. The first-order valence-corrected chi connectivity index (χ1v) is 4.73. The highest BCUT2D eigenvalue weighted by Gasteiger charge is 2.12. The summed E-state index contributed by atoms with van der Waals surface area (Å²) < 4.78 is 5.38. The highest BCUT2D eigenvalue weighted by Crippen LogP contribution is 2.20. The van der Waals surface area contributed by atoms with E-state index >= 15 is 0 Å². The van der Waals surface area contributed by atoms with E-state index in [2.05, 4.69) is 5.48 Å². The Morgan fingerprint density at radius 2 is 2.33 bits per heavy atom. The molecular weight excluding hydrogens is 196 g/mol. The average Bonchev–Trinajstić information content (AvgIpc) is 2.44. The van der Waals surface area contributed by atoms with Gasteiger partial charge in [0.25, 0.3) is 0 Å². The zero-order chi connectivity index (χ0) is 11.4. The van der Waals surface area contributed by atoms with Crippen LogP contribution in [0.1, 0.15) is 30.0 Å². The summed E-state index contributed by atoms with van der Waals surface area (Å²) in [5, 5.41) is 0. The van der Waals surface area contributed by atoms with Gasteiger partial charge >= 0.3 is 0 Å². The molecule has 84 valence electrons. The minimum absolute atomic E-state index is 0.0400. The molecule has 1 aromatic rings. The van der Waals surface area contributed by atoms with Gasteiger partial charge in [-0.2, -0.15) is 5.48 Å². The molecule has 1 amide bonds. The first kappa shape index (κ1) is 11.7. The number of hydroxylamine groups is 1. The number of rotatable bonds is 5.